The van der Waals surface area contributed by atoms with Crippen molar-refractivity contribution >= 4 is 11.6 Å². The molecule has 1 atom stereocenters. The van der Waals surface area contributed by atoms with E-state index in [0.717, 1.165) is 31.9 Å². The molecular weight excluding hydrogens is 391 g/mol. The van der Waals surface area contributed by atoms with Gasteiger partial charge in [0.2, 0.25) is 5.78 Å². The molecule has 31 heavy (non-hydrogen) atoms. The Bertz CT molecular complexity index is 1050. The summed E-state index contributed by atoms with van der Waals surface area (Å²) in [7, 11) is 0. The van der Waals surface area contributed by atoms with Crippen molar-refractivity contribution in [2.24, 2.45) is 5.92 Å². The third kappa shape index (κ3) is 4.80. The Morgan fingerprint density at radius 2 is 2.00 bits per heavy atom. The molecule has 0 aliphatic carbocycles. The lowest BCUT2D eigenvalue weighted by Crippen LogP contribution is -2.51. The van der Waals surface area contributed by atoms with Gasteiger partial charge in [0.25, 0.3) is 0 Å². The van der Waals surface area contributed by atoms with Crippen molar-refractivity contribution < 1.29 is 9.18 Å². The van der Waals surface area contributed by atoms with Gasteiger partial charge in [0.15, 0.2) is 0 Å². The number of nitrogens with one attached hydrogen (secondary N) is 1. The number of carbonyl (C=O) groups is 1. The second-order valence-electron chi connectivity index (χ2n) is 8.34. The maximum absolute atomic E-state index is 14.6. The SMILES string of the molecule is CC(C)C[C@H]1CN(c2ccc(-c3ccccc3F)c(C(=O)c3cccnc3)n2)CCN1. The molecule has 1 aromatic carbocycles. The number of hydrogen-bond acceptors (Lipinski definition) is 5. The van der Waals surface area contributed by atoms with Crippen molar-refractivity contribution in [2.75, 3.05) is 24.5 Å². The Kier molecular flexibility index (Phi) is 6.37. The number of halogens is 1. The van der Waals surface area contributed by atoms with Crippen molar-refractivity contribution in [1.29, 1.82) is 0 Å². The number of pyridine rings is 2. The van der Waals surface area contributed by atoms with E-state index in [0.29, 0.717) is 28.7 Å². The molecule has 0 spiro atoms. The van der Waals surface area contributed by atoms with Crippen LogP contribution in [0.1, 0.15) is 36.3 Å². The summed E-state index contributed by atoms with van der Waals surface area (Å²) in [6.45, 7) is 6.92. The van der Waals surface area contributed by atoms with E-state index in [1.165, 1.54) is 12.3 Å². The molecule has 1 saturated heterocycles. The number of benzene rings is 1. The van der Waals surface area contributed by atoms with Gasteiger partial charge in [-0.05, 0) is 42.7 Å². The first kappa shape index (κ1) is 21.1. The van der Waals surface area contributed by atoms with Gasteiger partial charge in [-0.1, -0.05) is 32.0 Å². The molecule has 1 fully saturated rings. The van der Waals surface area contributed by atoms with Gasteiger partial charge in [-0.25, -0.2) is 9.37 Å². The standard InChI is InChI=1S/C25H27FN4O/c1-17(2)14-19-16-30(13-12-28-19)23-10-9-21(20-7-3-4-8-22(20)26)24(29-23)25(31)18-6-5-11-27-15-18/h3-11,15,17,19,28H,12-14,16H2,1-2H3/t19-/m0/s1. The zero-order valence-electron chi connectivity index (χ0n) is 17.9. The summed E-state index contributed by atoms with van der Waals surface area (Å²) >= 11 is 0. The highest BCUT2D eigenvalue weighted by Crippen LogP contribution is 2.29. The minimum Gasteiger partial charge on any atom is -0.354 e. The molecule has 2 aromatic heterocycles. The van der Waals surface area contributed by atoms with Gasteiger partial charge in [0, 0.05) is 54.8 Å². The summed E-state index contributed by atoms with van der Waals surface area (Å²) in [5, 5.41) is 3.56. The van der Waals surface area contributed by atoms with Crippen LogP contribution >= 0.6 is 0 Å². The van der Waals surface area contributed by atoms with Gasteiger partial charge in [-0.2, -0.15) is 0 Å². The fourth-order valence-corrected chi connectivity index (χ4v) is 4.09. The average Bonchev–Trinajstić information content (AvgIpc) is 2.79. The highest BCUT2D eigenvalue weighted by molar-refractivity contribution is 6.11. The van der Waals surface area contributed by atoms with Gasteiger partial charge >= 0.3 is 0 Å². The largest absolute Gasteiger partial charge is 0.354 e. The summed E-state index contributed by atoms with van der Waals surface area (Å²) in [6, 6.07) is 14.0. The third-order valence-electron chi connectivity index (χ3n) is 5.52. The predicted octanol–water partition coefficient (Wildman–Crippen LogP) is 4.34. The fourth-order valence-electron chi connectivity index (χ4n) is 4.09. The predicted molar refractivity (Wildman–Crippen MR) is 121 cm³/mol. The molecular formula is C25H27FN4O. The molecule has 4 rings (SSSR count). The van der Waals surface area contributed by atoms with Crippen molar-refractivity contribution in [3.63, 3.8) is 0 Å². The number of carbonyl (C=O) groups excluding carboxylic acids is 1. The molecule has 3 heterocycles. The number of aromatic nitrogens is 2. The molecule has 5 nitrogen and oxygen atoms in total. The fraction of sp³-hybridized carbons (Fsp3) is 0.320. The molecule has 1 aliphatic rings. The van der Waals surface area contributed by atoms with Crippen LogP contribution in [0.4, 0.5) is 10.2 Å². The molecule has 3 aromatic rings. The first-order valence-electron chi connectivity index (χ1n) is 10.7. The number of hydrogen-bond donors (Lipinski definition) is 1. The summed E-state index contributed by atoms with van der Waals surface area (Å²) < 4.78 is 14.6. The summed E-state index contributed by atoms with van der Waals surface area (Å²) in [5.41, 5.74) is 1.54. The maximum Gasteiger partial charge on any atom is 0.213 e. The topological polar surface area (TPSA) is 58.1 Å². The van der Waals surface area contributed by atoms with Crippen molar-refractivity contribution in [2.45, 2.75) is 26.3 Å². The minimum absolute atomic E-state index is 0.245. The second kappa shape index (κ2) is 9.35. The first-order valence-corrected chi connectivity index (χ1v) is 10.7. The van der Waals surface area contributed by atoms with Crippen LogP contribution in [0.5, 0.6) is 0 Å². The van der Waals surface area contributed by atoms with E-state index in [4.69, 9.17) is 4.98 Å². The summed E-state index contributed by atoms with van der Waals surface area (Å²) in [4.78, 5) is 24.4. The third-order valence-corrected chi connectivity index (χ3v) is 5.52. The molecule has 0 unspecified atom stereocenters. The molecule has 0 radical (unpaired) electrons. The highest BCUT2D eigenvalue weighted by atomic mass is 19.1. The van der Waals surface area contributed by atoms with Gasteiger partial charge in [0.05, 0.1) is 0 Å². The van der Waals surface area contributed by atoms with Crippen LogP contribution in [0.3, 0.4) is 0 Å². The highest BCUT2D eigenvalue weighted by Gasteiger charge is 2.24. The van der Waals surface area contributed by atoms with E-state index in [2.05, 4.69) is 29.0 Å². The van der Waals surface area contributed by atoms with Gasteiger partial charge in [-0.3, -0.25) is 9.78 Å². The number of rotatable bonds is 6. The second-order valence-corrected chi connectivity index (χ2v) is 8.34. The molecule has 1 N–H and O–H groups in total. The van der Waals surface area contributed by atoms with Crippen LogP contribution in [0.25, 0.3) is 11.1 Å². The van der Waals surface area contributed by atoms with Crippen LogP contribution in [0.2, 0.25) is 0 Å². The maximum atomic E-state index is 14.6. The number of piperazine rings is 1. The van der Waals surface area contributed by atoms with Gasteiger partial charge in [0.1, 0.15) is 17.3 Å². The van der Waals surface area contributed by atoms with Gasteiger partial charge < -0.3 is 10.2 Å². The van der Waals surface area contributed by atoms with E-state index in [1.807, 2.05) is 12.1 Å². The minimum atomic E-state index is -0.378. The van der Waals surface area contributed by atoms with E-state index in [1.54, 1.807) is 36.5 Å². The van der Waals surface area contributed by atoms with Crippen molar-refractivity contribution in [1.82, 2.24) is 15.3 Å². The van der Waals surface area contributed by atoms with E-state index >= 15 is 0 Å². The zero-order chi connectivity index (χ0) is 21.8. The van der Waals surface area contributed by atoms with Crippen LogP contribution < -0.4 is 10.2 Å². The van der Waals surface area contributed by atoms with Crippen LogP contribution in [0, 0.1) is 11.7 Å². The van der Waals surface area contributed by atoms with Crippen molar-refractivity contribution in [3.05, 3.63) is 78.0 Å². The average molecular weight is 419 g/mol. The molecule has 0 saturated carbocycles. The monoisotopic (exact) mass is 418 g/mol. The van der Waals surface area contributed by atoms with E-state index in [-0.39, 0.29) is 17.3 Å². The number of nitrogens with zero attached hydrogens (tertiary/aromatic N) is 3. The molecule has 0 bridgehead atoms. The lowest BCUT2D eigenvalue weighted by atomic mass is 9.98. The first-order chi connectivity index (χ1) is 15.0. The Morgan fingerprint density at radius 3 is 2.74 bits per heavy atom. The van der Waals surface area contributed by atoms with Crippen molar-refractivity contribution in [3.8, 4) is 11.1 Å². The van der Waals surface area contributed by atoms with E-state index < -0.39 is 0 Å². The Labute approximate surface area is 182 Å². The smallest absolute Gasteiger partial charge is 0.213 e. The van der Waals surface area contributed by atoms with Crippen LogP contribution in [-0.2, 0) is 0 Å². The zero-order valence-corrected chi connectivity index (χ0v) is 17.9. The summed E-state index contributed by atoms with van der Waals surface area (Å²) in [6.07, 6.45) is 4.21. The number of ketones is 1. The number of anilines is 1. The Hall–Kier alpha value is -3.12. The molecule has 1 aliphatic heterocycles. The summed E-state index contributed by atoms with van der Waals surface area (Å²) in [5.74, 6) is 0.692. The van der Waals surface area contributed by atoms with Crippen LogP contribution in [0.15, 0.2) is 60.9 Å². The lowest BCUT2D eigenvalue weighted by molar-refractivity contribution is 0.103. The van der Waals surface area contributed by atoms with Gasteiger partial charge in [-0.15, -0.1) is 0 Å². The Balaban J connectivity index is 1.74. The van der Waals surface area contributed by atoms with Crippen LogP contribution in [-0.4, -0.2) is 41.4 Å². The lowest BCUT2D eigenvalue weighted by Gasteiger charge is -2.35. The Morgan fingerprint density at radius 1 is 1.16 bits per heavy atom. The quantitative estimate of drug-likeness (QED) is 0.604. The van der Waals surface area contributed by atoms with E-state index in [9.17, 15) is 9.18 Å². The molecule has 0 amide bonds. The molecule has 6 heteroatoms. The molecule has 160 valence electrons. The normalized spacial score (nSPS) is 16.5.